The maximum absolute atomic E-state index is 12.7. The van der Waals surface area contributed by atoms with Crippen molar-refractivity contribution in [2.75, 3.05) is 34.3 Å². The van der Waals surface area contributed by atoms with Crippen LogP contribution in [0.1, 0.15) is 12.8 Å². The van der Waals surface area contributed by atoms with Gasteiger partial charge in [0.25, 0.3) is 0 Å². The highest BCUT2D eigenvalue weighted by Crippen LogP contribution is 2.25. The zero-order valence-corrected chi connectivity index (χ0v) is 14.5. The lowest BCUT2D eigenvalue weighted by Crippen LogP contribution is -2.48. The van der Waals surface area contributed by atoms with Crippen LogP contribution < -0.4 is 10.2 Å². The van der Waals surface area contributed by atoms with E-state index in [1.165, 1.54) is 23.5 Å². The lowest BCUT2D eigenvalue weighted by molar-refractivity contribution is -0.129. The smallest absolute Gasteiger partial charge is 0.243 e. The number of amides is 1. The van der Waals surface area contributed by atoms with Gasteiger partial charge in [-0.1, -0.05) is 0 Å². The first-order chi connectivity index (χ1) is 10.8. The van der Waals surface area contributed by atoms with Crippen LogP contribution in [0.25, 0.3) is 0 Å². The van der Waals surface area contributed by atoms with Gasteiger partial charge in [0.2, 0.25) is 15.9 Å². The van der Waals surface area contributed by atoms with Crippen LogP contribution in [0, 0.1) is 5.92 Å². The van der Waals surface area contributed by atoms with E-state index in [-0.39, 0.29) is 23.3 Å². The fourth-order valence-electron chi connectivity index (χ4n) is 2.58. The van der Waals surface area contributed by atoms with E-state index in [1.54, 1.807) is 31.2 Å². The zero-order valence-electron chi connectivity index (χ0n) is 13.7. The molecule has 2 rings (SSSR count). The summed E-state index contributed by atoms with van der Waals surface area (Å²) in [7, 11) is 1.39. The Hall–Kier alpha value is -1.64. The summed E-state index contributed by atoms with van der Waals surface area (Å²) in [5.74, 6) is 0.120. The van der Waals surface area contributed by atoms with Crippen LogP contribution in [0.15, 0.2) is 29.2 Å². The molecule has 0 unspecified atom stereocenters. The van der Waals surface area contributed by atoms with Gasteiger partial charge in [-0.2, -0.15) is 4.31 Å². The molecule has 0 radical (unpaired) electrons. The first-order valence-electron chi connectivity index (χ1n) is 7.46. The lowest BCUT2D eigenvalue weighted by atomic mass is 9.99. The van der Waals surface area contributed by atoms with E-state index < -0.39 is 10.0 Å². The Kier molecular flexibility index (Phi) is 5.61. The second kappa shape index (κ2) is 7.29. The summed E-state index contributed by atoms with van der Waals surface area (Å²) in [5.41, 5.74) is 2.70. The predicted octanol–water partition coefficient (Wildman–Crippen LogP) is 0.689. The summed E-state index contributed by atoms with van der Waals surface area (Å²) >= 11 is 0. The van der Waals surface area contributed by atoms with Crippen molar-refractivity contribution in [2.45, 2.75) is 17.7 Å². The number of hydrazine groups is 1. The highest BCUT2D eigenvalue weighted by Gasteiger charge is 2.33. The van der Waals surface area contributed by atoms with Crippen molar-refractivity contribution in [3.8, 4) is 5.75 Å². The molecule has 8 heteroatoms. The SMILES string of the molecule is COc1ccc(S(=O)(=O)N2CCC[C@H](C(=O)NN(C)C)C2)cc1. The normalized spacial score (nSPS) is 19.6. The third-order valence-corrected chi connectivity index (χ3v) is 5.67. The molecule has 0 bridgehead atoms. The maximum atomic E-state index is 12.7. The van der Waals surface area contributed by atoms with Gasteiger partial charge in [-0.25, -0.2) is 13.4 Å². The minimum Gasteiger partial charge on any atom is -0.497 e. The Morgan fingerprint density at radius 1 is 1.30 bits per heavy atom. The Bertz CT molecular complexity index is 643. The monoisotopic (exact) mass is 341 g/mol. The lowest BCUT2D eigenvalue weighted by Gasteiger charge is -2.31. The van der Waals surface area contributed by atoms with Gasteiger partial charge in [0, 0.05) is 27.2 Å². The van der Waals surface area contributed by atoms with Crippen LogP contribution in [-0.4, -0.2) is 57.9 Å². The molecule has 0 spiro atoms. The number of rotatable bonds is 5. The van der Waals surface area contributed by atoms with Crippen LogP contribution in [0.3, 0.4) is 0 Å². The number of hydrogen-bond acceptors (Lipinski definition) is 5. The molecule has 1 aromatic carbocycles. The van der Waals surface area contributed by atoms with Gasteiger partial charge >= 0.3 is 0 Å². The van der Waals surface area contributed by atoms with E-state index >= 15 is 0 Å². The number of hydrogen-bond donors (Lipinski definition) is 1. The third-order valence-electron chi connectivity index (χ3n) is 3.79. The average Bonchev–Trinajstić information content (AvgIpc) is 2.54. The van der Waals surface area contributed by atoms with Gasteiger partial charge in [-0.3, -0.25) is 10.2 Å². The van der Waals surface area contributed by atoms with E-state index in [1.807, 2.05) is 0 Å². The van der Waals surface area contributed by atoms with E-state index in [9.17, 15) is 13.2 Å². The van der Waals surface area contributed by atoms with Gasteiger partial charge < -0.3 is 4.74 Å². The summed E-state index contributed by atoms with van der Waals surface area (Å²) in [5, 5.41) is 1.57. The Morgan fingerprint density at radius 3 is 2.52 bits per heavy atom. The van der Waals surface area contributed by atoms with E-state index in [0.29, 0.717) is 25.1 Å². The standard InChI is InChI=1S/C15H23N3O4S/c1-17(2)16-15(19)12-5-4-10-18(11-12)23(20,21)14-8-6-13(22-3)7-9-14/h6-9,12H,4-5,10-11H2,1-3H3,(H,16,19)/t12-/m0/s1. The van der Waals surface area contributed by atoms with Crippen molar-refractivity contribution >= 4 is 15.9 Å². The van der Waals surface area contributed by atoms with Gasteiger partial charge in [0.15, 0.2) is 0 Å². The average molecular weight is 341 g/mol. The molecule has 1 atom stereocenters. The molecule has 1 fully saturated rings. The molecule has 0 aliphatic carbocycles. The molecule has 1 aliphatic heterocycles. The van der Waals surface area contributed by atoms with Gasteiger partial charge in [0.05, 0.1) is 17.9 Å². The molecule has 1 aromatic rings. The quantitative estimate of drug-likeness (QED) is 0.797. The number of nitrogens with zero attached hydrogens (tertiary/aromatic N) is 2. The van der Waals surface area contributed by atoms with Crippen molar-refractivity contribution in [2.24, 2.45) is 5.92 Å². The molecule has 1 saturated heterocycles. The van der Waals surface area contributed by atoms with Crippen molar-refractivity contribution < 1.29 is 17.9 Å². The summed E-state index contributed by atoms with van der Waals surface area (Å²) in [4.78, 5) is 12.3. The number of nitrogens with one attached hydrogen (secondary N) is 1. The van der Waals surface area contributed by atoms with Crippen LogP contribution in [0.5, 0.6) is 5.75 Å². The van der Waals surface area contributed by atoms with Crippen molar-refractivity contribution in [1.82, 2.24) is 14.7 Å². The number of piperidine rings is 1. The number of ether oxygens (including phenoxy) is 1. The largest absolute Gasteiger partial charge is 0.497 e. The molecular weight excluding hydrogens is 318 g/mol. The number of benzene rings is 1. The molecule has 7 nitrogen and oxygen atoms in total. The number of methoxy groups -OCH3 is 1. The first-order valence-corrected chi connectivity index (χ1v) is 8.90. The van der Waals surface area contributed by atoms with E-state index in [2.05, 4.69) is 5.43 Å². The van der Waals surface area contributed by atoms with Gasteiger partial charge in [-0.15, -0.1) is 0 Å². The molecule has 1 amide bonds. The first kappa shape index (κ1) is 17.7. The van der Waals surface area contributed by atoms with Crippen molar-refractivity contribution in [3.63, 3.8) is 0 Å². The fourth-order valence-corrected chi connectivity index (χ4v) is 4.11. The Morgan fingerprint density at radius 2 is 1.96 bits per heavy atom. The van der Waals surface area contributed by atoms with Crippen LogP contribution in [0.4, 0.5) is 0 Å². The number of sulfonamides is 1. The molecule has 0 saturated carbocycles. The Labute approximate surface area is 137 Å². The second-order valence-corrected chi connectivity index (χ2v) is 7.69. The molecule has 0 aromatic heterocycles. The predicted molar refractivity (Wildman–Crippen MR) is 86.3 cm³/mol. The van der Waals surface area contributed by atoms with E-state index in [0.717, 1.165) is 0 Å². The molecule has 1 heterocycles. The second-order valence-electron chi connectivity index (χ2n) is 5.75. The van der Waals surface area contributed by atoms with Gasteiger partial charge in [-0.05, 0) is 37.1 Å². The summed E-state index contributed by atoms with van der Waals surface area (Å²) in [6.07, 6.45) is 1.36. The van der Waals surface area contributed by atoms with E-state index in [4.69, 9.17) is 4.74 Å². The van der Waals surface area contributed by atoms with Crippen LogP contribution >= 0.6 is 0 Å². The molecule has 128 valence electrons. The van der Waals surface area contributed by atoms with Crippen molar-refractivity contribution in [1.29, 1.82) is 0 Å². The molecular formula is C15H23N3O4S. The summed E-state index contributed by atoms with van der Waals surface area (Å²) in [6, 6.07) is 6.29. The zero-order chi connectivity index (χ0) is 17.0. The molecule has 1 N–H and O–H groups in total. The van der Waals surface area contributed by atoms with Crippen LogP contribution in [0.2, 0.25) is 0 Å². The maximum Gasteiger partial charge on any atom is 0.243 e. The summed E-state index contributed by atoms with van der Waals surface area (Å²) in [6.45, 7) is 0.633. The highest BCUT2D eigenvalue weighted by atomic mass is 32.2. The molecule has 1 aliphatic rings. The van der Waals surface area contributed by atoms with Gasteiger partial charge in [0.1, 0.15) is 5.75 Å². The van der Waals surface area contributed by atoms with Crippen molar-refractivity contribution in [3.05, 3.63) is 24.3 Å². The molecule has 23 heavy (non-hydrogen) atoms. The Balaban J connectivity index is 2.14. The minimum absolute atomic E-state index is 0.148. The highest BCUT2D eigenvalue weighted by molar-refractivity contribution is 7.89. The topological polar surface area (TPSA) is 79.0 Å². The number of carbonyl (C=O) groups is 1. The number of carbonyl (C=O) groups excluding carboxylic acids is 1. The summed E-state index contributed by atoms with van der Waals surface area (Å²) < 4.78 is 31.9. The fraction of sp³-hybridized carbons (Fsp3) is 0.533. The third kappa shape index (κ3) is 4.21. The minimum atomic E-state index is -3.60. The van der Waals surface area contributed by atoms with Crippen LogP contribution in [-0.2, 0) is 14.8 Å².